The zero-order valence-corrected chi connectivity index (χ0v) is 19.5. The molecule has 174 valence electrons. The number of hydrogen-bond acceptors (Lipinski definition) is 5. The van der Waals surface area contributed by atoms with E-state index in [2.05, 4.69) is 37.5 Å². The second-order valence-electron chi connectivity index (χ2n) is 9.16. The van der Waals surface area contributed by atoms with Gasteiger partial charge < -0.3 is 0 Å². The molecule has 1 aliphatic heterocycles. The van der Waals surface area contributed by atoms with Crippen molar-refractivity contribution in [2.75, 3.05) is 26.2 Å². The Balaban J connectivity index is 1.41. The maximum Gasteiger partial charge on any atom is 0.169 e. The summed E-state index contributed by atoms with van der Waals surface area (Å²) in [5, 5.41) is 13.0. The Morgan fingerprint density at radius 2 is 1.82 bits per heavy atom. The first-order chi connectivity index (χ1) is 16.2. The van der Waals surface area contributed by atoms with E-state index in [9.17, 15) is 4.39 Å². The molecule has 0 spiro atoms. The average Bonchev–Trinajstić information content (AvgIpc) is 3.10. The molecular formula is C25H30ClFN6. The Morgan fingerprint density at radius 3 is 2.58 bits per heavy atom. The third-order valence-corrected chi connectivity index (χ3v) is 7.35. The van der Waals surface area contributed by atoms with Crippen LogP contribution in [0.25, 0.3) is 0 Å². The standard InChI is InChI=1S/C25H30ClFN6/c26-22-11-10-20(16-23(22)27)17-24(32-13-5-12-31(14-15-32)21-8-4-9-21)25-28-29-30-33(25)18-19-6-2-1-3-7-19/h1-3,6-7,10-11,16,21,24H,4-5,8-9,12-15,17-18H2. The van der Waals surface area contributed by atoms with Crippen LogP contribution in [0.4, 0.5) is 4.39 Å². The fourth-order valence-electron chi connectivity index (χ4n) is 4.98. The van der Waals surface area contributed by atoms with Crippen molar-refractivity contribution in [1.29, 1.82) is 0 Å². The molecule has 1 saturated heterocycles. The van der Waals surface area contributed by atoms with Crippen LogP contribution in [0.2, 0.25) is 5.02 Å². The van der Waals surface area contributed by atoms with Gasteiger partial charge in [-0.2, -0.15) is 0 Å². The summed E-state index contributed by atoms with van der Waals surface area (Å²) in [6.45, 7) is 4.73. The first kappa shape index (κ1) is 22.4. The Kier molecular flexibility index (Phi) is 6.99. The number of rotatable bonds is 7. The van der Waals surface area contributed by atoms with Crippen molar-refractivity contribution in [3.8, 4) is 0 Å². The minimum Gasteiger partial charge on any atom is -0.299 e. The minimum absolute atomic E-state index is 0.0365. The van der Waals surface area contributed by atoms with Crippen LogP contribution >= 0.6 is 11.6 Å². The summed E-state index contributed by atoms with van der Waals surface area (Å²) in [4.78, 5) is 5.13. The molecule has 0 N–H and O–H groups in total. The molecule has 0 radical (unpaired) electrons. The van der Waals surface area contributed by atoms with Gasteiger partial charge in [0.1, 0.15) is 5.82 Å². The number of benzene rings is 2. The molecule has 2 heterocycles. The van der Waals surface area contributed by atoms with Gasteiger partial charge in [0.25, 0.3) is 0 Å². The van der Waals surface area contributed by atoms with Crippen LogP contribution in [0.1, 0.15) is 48.7 Å². The van der Waals surface area contributed by atoms with Gasteiger partial charge in [-0.25, -0.2) is 9.07 Å². The predicted molar refractivity (Wildman–Crippen MR) is 127 cm³/mol. The highest BCUT2D eigenvalue weighted by Crippen LogP contribution is 2.29. The maximum atomic E-state index is 14.2. The summed E-state index contributed by atoms with van der Waals surface area (Å²) in [7, 11) is 0. The van der Waals surface area contributed by atoms with E-state index in [0.717, 1.165) is 55.6 Å². The van der Waals surface area contributed by atoms with Crippen molar-refractivity contribution in [2.24, 2.45) is 0 Å². The molecule has 3 aromatic rings. The summed E-state index contributed by atoms with van der Waals surface area (Å²) < 4.78 is 16.1. The lowest BCUT2D eigenvalue weighted by atomic mass is 9.91. The largest absolute Gasteiger partial charge is 0.299 e. The molecule has 1 aromatic heterocycles. The molecule has 2 fully saturated rings. The number of tetrazole rings is 1. The minimum atomic E-state index is -0.385. The van der Waals surface area contributed by atoms with E-state index in [1.165, 1.54) is 19.3 Å². The Hall–Kier alpha value is -2.35. The average molecular weight is 469 g/mol. The van der Waals surface area contributed by atoms with Gasteiger partial charge in [-0.05, 0) is 65.9 Å². The van der Waals surface area contributed by atoms with E-state index in [1.54, 1.807) is 12.1 Å². The lowest BCUT2D eigenvalue weighted by Crippen LogP contribution is -2.42. The first-order valence-corrected chi connectivity index (χ1v) is 12.3. The van der Waals surface area contributed by atoms with Crippen molar-refractivity contribution in [3.05, 3.63) is 76.3 Å². The zero-order valence-electron chi connectivity index (χ0n) is 18.8. The van der Waals surface area contributed by atoms with Crippen LogP contribution < -0.4 is 0 Å². The number of nitrogens with zero attached hydrogens (tertiary/aromatic N) is 6. The van der Waals surface area contributed by atoms with Crippen LogP contribution in [0.15, 0.2) is 48.5 Å². The molecule has 0 amide bonds. The number of hydrogen-bond donors (Lipinski definition) is 0. The smallest absolute Gasteiger partial charge is 0.169 e. The second-order valence-corrected chi connectivity index (χ2v) is 9.57. The Morgan fingerprint density at radius 1 is 0.970 bits per heavy atom. The summed E-state index contributed by atoms with van der Waals surface area (Å²) >= 11 is 5.94. The molecule has 2 aromatic carbocycles. The number of aromatic nitrogens is 4. The van der Waals surface area contributed by atoms with Gasteiger partial charge in [-0.1, -0.05) is 54.4 Å². The molecule has 8 heteroatoms. The van der Waals surface area contributed by atoms with Crippen molar-refractivity contribution in [2.45, 2.75) is 50.7 Å². The van der Waals surface area contributed by atoms with E-state index in [1.807, 2.05) is 28.9 Å². The lowest BCUT2D eigenvalue weighted by molar-refractivity contribution is 0.124. The normalized spacial score (nSPS) is 19.2. The van der Waals surface area contributed by atoms with Crippen molar-refractivity contribution >= 4 is 11.6 Å². The molecule has 2 aliphatic rings. The van der Waals surface area contributed by atoms with Gasteiger partial charge in [-0.15, -0.1) is 5.10 Å². The van der Waals surface area contributed by atoms with Gasteiger partial charge in [-0.3, -0.25) is 9.80 Å². The first-order valence-electron chi connectivity index (χ1n) is 11.9. The monoisotopic (exact) mass is 468 g/mol. The Labute approximate surface area is 199 Å². The summed E-state index contributed by atoms with van der Waals surface area (Å²) in [5.41, 5.74) is 2.05. The van der Waals surface area contributed by atoms with E-state index >= 15 is 0 Å². The molecular weight excluding hydrogens is 439 g/mol. The van der Waals surface area contributed by atoms with Crippen LogP contribution in [-0.4, -0.2) is 62.2 Å². The third kappa shape index (κ3) is 5.26. The second kappa shape index (κ2) is 10.3. The zero-order chi connectivity index (χ0) is 22.6. The summed E-state index contributed by atoms with van der Waals surface area (Å²) in [5.74, 6) is 0.440. The molecule has 1 atom stereocenters. The van der Waals surface area contributed by atoms with Gasteiger partial charge >= 0.3 is 0 Å². The molecule has 0 bridgehead atoms. The predicted octanol–water partition coefficient (Wildman–Crippen LogP) is 4.36. The lowest BCUT2D eigenvalue weighted by Gasteiger charge is -2.37. The highest BCUT2D eigenvalue weighted by Gasteiger charge is 2.31. The molecule has 5 rings (SSSR count). The fraction of sp³-hybridized carbons (Fsp3) is 0.480. The molecule has 1 unspecified atom stereocenters. The van der Waals surface area contributed by atoms with E-state index in [4.69, 9.17) is 11.6 Å². The van der Waals surface area contributed by atoms with Crippen LogP contribution in [-0.2, 0) is 13.0 Å². The van der Waals surface area contributed by atoms with Crippen LogP contribution in [0, 0.1) is 5.82 Å². The SMILES string of the molecule is Fc1cc(CC(c2nnnn2Cc2ccccc2)N2CCCN(C3CCC3)CC2)ccc1Cl. The van der Waals surface area contributed by atoms with Gasteiger partial charge in [0.2, 0.25) is 0 Å². The topological polar surface area (TPSA) is 50.1 Å². The van der Waals surface area contributed by atoms with Gasteiger partial charge in [0, 0.05) is 25.7 Å². The van der Waals surface area contributed by atoms with E-state index in [-0.39, 0.29) is 16.9 Å². The highest BCUT2D eigenvalue weighted by atomic mass is 35.5. The molecule has 33 heavy (non-hydrogen) atoms. The van der Waals surface area contributed by atoms with E-state index < -0.39 is 0 Å². The van der Waals surface area contributed by atoms with Crippen molar-refractivity contribution in [1.82, 2.24) is 30.0 Å². The van der Waals surface area contributed by atoms with Gasteiger partial charge in [0.05, 0.1) is 17.6 Å². The molecule has 6 nitrogen and oxygen atoms in total. The Bertz CT molecular complexity index is 1050. The van der Waals surface area contributed by atoms with Crippen LogP contribution in [0.3, 0.4) is 0 Å². The van der Waals surface area contributed by atoms with Crippen LogP contribution in [0.5, 0.6) is 0 Å². The van der Waals surface area contributed by atoms with Crippen molar-refractivity contribution in [3.63, 3.8) is 0 Å². The van der Waals surface area contributed by atoms with Crippen molar-refractivity contribution < 1.29 is 4.39 Å². The highest BCUT2D eigenvalue weighted by molar-refractivity contribution is 6.30. The fourth-order valence-corrected chi connectivity index (χ4v) is 5.10. The summed E-state index contributed by atoms with van der Waals surface area (Å²) in [6, 6.07) is 16.0. The quantitative estimate of drug-likeness (QED) is 0.515. The third-order valence-electron chi connectivity index (χ3n) is 7.04. The van der Waals surface area contributed by atoms with Gasteiger partial charge in [0.15, 0.2) is 5.82 Å². The maximum absolute atomic E-state index is 14.2. The molecule has 1 saturated carbocycles. The molecule has 1 aliphatic carbocycles. The van der Waals surface area contributed by atoms with E-state index in [0.29, 0.717) is 13.0 Å². The summed E-state index contributed by atoms with van der Waals surface area (Å²) in [6.07, 6.45) is 5.74. The number of halogens is 2.